The van der Waals surface area contributed by atoms with E-state index in [0.29, 0.717) is 33.8 Å². The lowest BCUT2D eigenvalue weighted by atomic mass is 10.1. The normalized spacial score (nSPS) is 12.4. The molecular weight excluding hydrogens is 434 g/mol. The van der Waals surface area contributed by atoms with Crippen LogP contribution in [0.25, 0.3) is 0 Å². The summed E-state index contributed by atoms with van der Waals surface area (Å²) in [6.07, 6.45) is 0. The molecule has 1 aliphatic heterocycles. The van der Waals surface area contributed by atoms with E-state index in [-0.39, 0.29) is 29.8 Å². The first-order valence-corrected chi connectivity index (χ1v) is 10.6. The minimum atomic E-state index is -0.432. The quantitative estimate of drug-likeness (QED) is 0.544. The third-order valence-electron chi connectivity index (χ3n) is 5.53. The zero-order valence-corrected chi connectivity index (χ0v) is 19.0. The first-order chi connectivity index (χ1) is 16.3. The second-order valence-corrected chi connectivity index (χ2v) is 7.94. The summed E-state index contributed by atoms with van der Waals surface area (Å²) < 4.78 is 5.35. The van der Waals surface area contributed by atoms with Crippen molar-refractivity contribution in [3.05, 3.63) is 88.5 Å². The lowest BCUT2D eigenvalue weighted by molar-refractivity contribution is -0.114. The molecule has 8 nitrogen and oxygen atoms in total. The van der Waals surface area contributed by atoms with Gasteiger partial charge in [-0.15, -0.1) is 0 Å². The van der Waals surface area contributed by atoms with Gasteiger partial charge in [0.2, 0.25) is 5.91 Å². The van der Waals surface area contributed by atoms with Crippen molar-refractivity contribution < 1.29 is 23.9 Å². The van der Waals surface area contributed by atoms with Crippen LogP contribution in [0.2, 0.25) is 0 Å². The van der Waals surface area contributed by atoms with Gasteiger partial charge in [-0.25, -0.2) is 0 Å². The Morgan fingerprint density at radius 2 is 1.59 bits per heavy atom. The molecule has 2 N–H and O–H groups in total. The van der Waals surface area contributed by atoms with Gasteiger partial charge in [-0.1, -0.05) is 24.3 Å². The third kappa shape index (κ3) is 4.38. The molecule has 0 spiro atoms. The molecule has 0 saturated carbocycles. The number of amides is 4. The fourth-order valence-electron chi connectivity index (χ4n) is 3.82. The Balaban J connectivity index is 1.58. The Labute approximate surface area is 196 Å². The minimum absolute atomic E-state index is 0.0217. The molecule has 4 rings (SSSR count). The number of nitrogens with zero attached hydrogens (tertiary/aromatic N) is 1. The number of carbonyl (C=O) groups excluding carboxylic acids is 4. The van der Waals surface area contributed by atoms with Gasteiger partial charge in [0, 0.05) is 18.3 Å². The molecule has 0 radical (unpaired) electrons. The molecule has 34 heavy (non-hydrogen) atoms. The van der Waals surface area contributed by atoms with Crippen LogP contribution in [-0.2, 0) is 11.3 Å². The SMILES string of the molecule is COc1ccc(CN2C(=O)c3ccccc3C2=O)cc1C(=O)Nc1ccc(C)c(NC(C)=O)c1. The molecule has 0 fully saturated rings. The Kier molecular flexibility index (Phi) is 6.14. The largest absolute Gasteiger partial charge is 0.496 e. The van der Waals surface area contributed by atoms with E-state index in [2.05, 4.69) is 10.6 Å². The standard InChI is InChI=1S/C26H23N3O5/c1-15-8-10-18(13-22(15)27-16(2)30)28-24(31)21-12-17(9-11-23(21)34-3)14-29-25(32)19-6-4-5-7-20(19)26(29)33/h4-13H,14H2,1-3H3,(H,27,30)(H,28,31). The molecular formula is C26H23N3O5. The number of nitrogens with one attached hydrogen (secondary N) is 2. The van der Waals surface area contributed by atoms with Crippen molar-refractivity contribution in [3.63, 3.8) is 0 Å². The molecule has 3 aromatic rings. The van der Waals surface area contributed by atoms with Gasteiger partial charge in [-0.3, -0.25) is 24.1 Å². The van der Waals surface area contributed by atoms with E-state index in [4.69, 9.17) is 4.74 Å². The van der Waals surface area contributed by atoms with Gasteiger partial charge in [0.1, 0.15) is 5.75 Å². The van der Waals surface area contributed by atoms with Gasteiger partial charge in [0.25, 0.3) is 17.7 Å². The molecule has 172 valence electrons. The van der Waals surface area contributed by atoms with Crippen LogP contribution in [0.15, 0.2) is 60.7 Å². The average molecular weight is 457 g/mol. The summed E-state index contributed by atoms with van der Waals surface area (Å²) in [7, 11) is 1.46. The highest BCUT2D eigenvalue weighted by Gasteiger charge is 2.35. The smallest absolute Gasteiger partial charge is 0.261 e. The fourth-order valence-corrected chi connectivity index (χ4v) is 3.82. The summed E-state index contributed by atoms with van der Waals surface area (Å²) in [4.78, 5) is 51.1. The van der Waals surface area contributed by atoms with Gasteiger partial charge in [-0.05, 0) is 54.4 Å². The van der Waals surface area contributed by atoms with Gasteiger partial charge in [0.15, 0.2) is 0 Å². The average Bonchev–Trinajstić information content (AvgIpc) is 3.06. The summed E-state index contributed by atoms with van der Waals surface area (Å²) in [6.45, 7) is 3.28. The number of rotatable bonds is 6. The highest BCUT2D eigenvalue weighted by molar-refractivity contribution is 6.21. The Morgan fingerprint density at radius 3 is 2.21 bits per heavy atom. The molecule has 1 heterocycles. The fraction of sp³-hybridized carbons (Fsp3) is 0.154. The summed E-state index contributed by atoms with van der Waals surface area (Å²) in [5, 5.41) is 5.54. The van der Waals surface area contributed by atoms with Crippen molar-refractivity contribution in [2.75, 3.05) is 17.7 Å². The van der Waals surface area contributed by atoms with E-state index in [1.54, 1.807) is 60.7 Å². The highest BCUT2D eigenvalue weighted by Crippen LogP contribution is 2.27. The van der Waals surface area contributed by atoms with Gasteiger partial charge in [0.05, 0.1) is 30.3 Å². The highest BCUT2D eigenvalue weighted by atomic mass is 16.5. The number of anilines is 2. The number of fused-ring (bicyclic) bond motifs is 1. The van der Waals surface area contributed by atoms with Crippen LogP contribution in [0.5, 0.6) is 5.75 Å². The van der Waals surface area contributed by atoms with Crippen LogP contribution in [0, 0.1) is 6.92 Å². The molecule has 0 saturated heterocycles. The second kappa shape index (κ2) is 9.19. The van der Waals surface area contributed by atoms with Crippen molar-refractivity contribution in [2.24, 2.45) is 0 Å². The first-order valence-electron chi connectivity index (χ1n) is 10.6. The monoisotopic (exact) mass is 457 g/mol. The van der Waals surface area contributed by atoms with E-state index in [9.17, 15) is 19.2 Å². The summed E-state index contributed by atoms with van der Waals surface area (Å²) in [5.41, 5.74) is 3.53. The van der Waals surface area contributed by atoms with Crippen LogP contribution in [0.1, 0.15) is 49.1 Å². The van der Waals surface area contributed by atoms with Crippen molar-refractivity contribution in [1.82, 2.24) is 4.90 Å². The Morgan fingerprint density at radius 1 is 0.912 bits per heavy atom. The maximum Gasteiger partial charge on any atom is 0.261 e. The number of benzene rings is 3. The second-order valence-electron chi connectivity index (χ2n) is 7.94. The number of aryl methyl sites for hydroxylation is 1. The molecule has 0 bridgehead atoms. The zero-order valence-electron chi connectivity index (χ0n) is 19.0. The molecule has 3 aromatic carbocycles. The lowest BCUT2D eigenvalue weighted by Crippen LogP contribution is -2.29. The van der Waals surface area contributed by atoms with Gasteiger partial charge < -0.3 is 15.4 Å². The van der Waals surface area contributed by atoms with Crippen LogP contribution in [0.4, 0.5) is 11.4 Å². The zero-order chi connectivity index (χ0) is 24.4. The molecule has 0 aliphatic carbocycles. The summed E-state index contributed by atoms with van der Waals surface area (Å²) in [6, 6.07) is 16.8. The first kappa shape index (κ1) is 22.7. The van der Waals surface area contributed by atoms with Crippen molar-refractivity contribution in [2.45, 2.75) is 20.4 Å². The van der Waals surface area contributed by atoms with E-state index >= 15 is 0 Å². The van der Waals surface area contributed by atoms with Crippen molar-refractivity contribution >= 4 is 35.0 Å². The Hall–Kier alpha value is -4.46. The maximum absolute atomic E-state index is 13.1. The lowest BCUT2D eigenvalue weighted by Gasteiger charge is -2.16. The molecule has 4 amide bonds. The number of ether oxygens (including phenoxy) is 1. The predicted molar refractivity (Wildman–Crippen MR) is 127 cm³/mol. The summed E-state index contributed by atoms with van der Waals surface area (Å²) >= 11 is 0. The Bertz CT molecular complexity index is 1300. The van der Waals surface area contributed by atoms with Crippen LogP contribution >= 0.6 is 0 Å². The molecule has 0 unspecified atom stereocenters. The number of carbonyl (C=O) groups is 4. The number of imide groups is 1. The molecule has 0 atom stereocenters. The summed E-state index contributed by atoms with van der Waals surface area (Å²) in [5.74, 6) is -1.04. The van der Waals surface area contributed by atoms with Crippen LogP contribution in [0.3, 0.4) is 0 Å². The molecule has 0 aromatic heterocycles. The van der Waals surface area contributed by atoms with E-state index in [0.717, 1.165) is 10.5 Å². The topological polar surface area (TPSA) is 105 Å². The van der Waals surface area contributed by atoms with Crippen molar-refractivity contribution in [3.8, 4) is 5.75 Å². The van der Waals surface area contributed by atoms with Crippen LogP contribution < -0.4 is 15.4 Å². The van der Waals surface area contributed by atoms with E-state index < -0.39 is 5.91 Å². The third-order valence-corrected chi connectivity index (χ3v) is 5.53. The number of hydrogen-bond donors (Lipinski definition) is 2. The van der Waals surface area contributed by atoms with Gasteiger partial charge in [-0.2, -0.15) is 0 Å². The number of methoxy groups -OCH3 is 1. The van der Waals surface area contributed by atoms with E-state index in [1.807, 2.05) is 6.92 Å². The molecule has 1 aliphatic rings. The minimum Gasteiger partial charge on any atom is -0.496 e. The molecule has 8 heteroatoms. The predicted octanol–water partition coefficient (Wildman–Crippen LogP) is 4.01. The van der Waals surface area contributed by atoms with Gasteiger partial charge >= 0.3 is 0 Å². The van der Waals surface area contributed by atoms with E-state index in [1.165, 1.54) is 14.0 Å². The number of hydrogen-bond acceptors (Lipinski definition) is 5. The van der Waals surface area contributed by atoms with Crippen molar-refractivity contribution in [1.29, 1.82) is 0 Å². The maximum atomic E-state index is 13.1. The van der Waals surface area contributed by atoms with Crippen LogP contribution in [-0.4, -0.2) is 35.6 Å².